The molecule has 1 unspecified atom stereocenters. The SMILES string of the molecule is CNC(=O)CSc1nonc1C(=O)N(O)C1CCc2ccc(C#N)cc21. The first-order valence-corrected chi connectivity index (χ1v) is 8.75. The van der Waals surface area contributed by atoms with Crippen LogP contribution < -0.4 is 5.32 Å². The molecule has 0 radical (unpaired) electrons. The Morgan fingerprint density at radius 1 is 1.50 bits per heavy atom. The van der Waals surface area contributed by atoms with Gasteiger partial charge in [0.15, 0.2) is 5.03 Å². The molecule has 10 heteroatoms. The fraction of sp³-hybridized carbons (Fsp3) is 0.312. The maximum atomic E-state index is 12.6. The number of benzene rings is 1. The summed E-state index contributed by atoms with van der Waals surface area (Å²) in [6.07, 6.45) is 1.21. The van der Waals surface area contributed by atoms with Crippen LogP contribution in [0.5, 0.6) is 0 Å². The molecule has 2 N–H and O–H groups in total. The maximum Gasteiger partial charge on any atom is 0.302 e. The topological polar surface area (TPSA) is 132 Å². The van der Waals surface area contributed by atoms with Crippen LogP contribution in [-0.4, -0.2) is 45.2 Å². The third kappa shape index (κ3) is 3.40. The molecule has 1 atom stereocenters. The summed E-state index contributed by atoms with van der Waals surface area (Å²) >= 11 is 0.985. The number of hydroxylamine groups is 2. The van der Waals surface area contributed by atoms with Gasteiger partial charge < -0.3 is 5.32 Å². The van der Waals surface area contributed by atoms with Crippen molar-refractivity contribution >= 4 is 23.6 Å². The van der Waals surface area contributed by atoms with Gasteiger partial charge in [0.2, 0.25) is 11.6 Å². The van der Waals surface area contributed by atoms with E-state index in [4.69, 9.17) is 5.26 Å². The molecule has 0 saturated heterocycles. The Balaban J connectivity index is 1.79. The Morgan fingerprint density at radius 2 is 2.31 bits per heavy atom. The van der Waals surface area contributed by atoms with Crippen molar-refractivity contribution in [3.63, 3.8) is 0 Å². The molecule has 2 aromatic rings. The Kier molecular flexibility index (Phi) is 5.20. The highest BCUT2D eigenvalue weighted by molar-refractivity contribution is 8.00. The Bertz CT molecular complexity index is 891. The molecule has 0 aliphatic heterocycles. The van der Waals surface area contributed by atoms with Crippen molar-refractivity contribution in [2.45, 2.75) is 23.9 Å². The number of nitrogens with one attached hydrogen (secondary N) is 1. The van der Waals surface area contributed by atoms with Crippen molar-refractivity contribution in [2.75, 3.05) is 12.8 Å². The van der Waals surface area contributed by atoms with E-state index in [9.17, 15) is 14.8 Å². The van der Waals surface area contributed by atoms with Gasteiger partial charge in [-0.05, 0) is 46.4 Å². The molecule has 1 heterocycles. The van der Waals surface area contributed by atoms with Gasteiger partial charge in [-0.1, -0.05) is 17.8 Å². The van der Waals surface area contributed by atoms with E-state index in [0.29, 0.717) is 23.5 Å². The van der Waals surface area contributed by atoms with E-state index >= 15 is 0 Å². The Hall–Kier alpha value is -2.90. The van der Waals surface area contributed by atoms with Gasteiger partial charge in [0.05, 0.1) is 23.4 Å². The third-order valence-corrected chi connectivity index (χ3v) is 5.05. The number of carbonyl (C=O) groups is 2. The van der Waals surface area contributed by atoms with E-state index in [1.54, 1.807) is 12.1 Å². The number of nitriles is 1. The van der Waals surface area contributed by atoms with E-state index in [1.807, 2.05) is 6.07 Å². The van der Waals surface area contributed by atoms with Crippen molar-refractivity contribution in [2.24, 2.45) is 0 Å². The highest BCUT2D eigenvalue weighted by Crippen LogP contribution is 2.36. The summed E-state index contributed by atoms with van der Waals surface area (Å²) in [4.78, 5) is 24.0. The smallest absolute Gasteiger partial charge is 0.302 e. The van der Waals surface area contributed by atoms with Gasteiger partial charge in [-0.25, -0.2) is 9.69 Å². The van der Waals surface area contributed by atoms with E-state index < -0.39 is 11.9 Å². The molecule has 1 aromatic carbocycles. The molecule has 0 bridgehead atoms. The summed E-state index contributed by atoms with van der Waals surface area (Å²) < 4.78 is 4.60. The van der Waals surface area contributed by atoms with Gasteiger partial charge in [0.1, 0.15) is 0 Å². The van der Waals surface area contributed by atoms with Crippen LogP contribution in [0.3, 0.4) is 0 Å². The molecule has 1 aliphatic rings. The highest BCUT2D eigenvalue weighted by atomic mass is 32.2. The molecule has 26 heavy (non-hydrogen) atoms. The van der Waals surface area contributed by atoms with E-state index in [1.165, 1.54) is 7.05 Å². The molecule has 9 nitrogen and oxygen atoms in total. The second-order valence-electron chi connectivity index (χ2n) is 5.61. The number of aryl methyl sites for hydroxylation is 1. The molecule has 2 amide bonds. The van der Waals surface area contributed by atoms with Crippen LogP contribution in [-0.2, 0) is 11.2 Å². The van der Waals surface area contributed by atoms with Gasteiger partial charge in [-0.3, -0.25) is 14.8 Å². The van der Waals surface area contributed by atoms with Gasteiger partial charge >= 0.3 is 5.91 Å². The van der Waals surface area contributed by atoms with E-state index in [0.717, 1.165) is 22.9 Å². The lowest BCUT2D eigenvalue weighted by Gasteiger charge is -2.22. The lowest BCUT2D eigenvalue weighted by molar-refractivity contribution is -0.118. The monoisotopic (exact) mass is 373 g/mol. The lowest BCUT2D eigenvalue weighted by atomic mass is 10.0. The average Bonchev–Trinajstić information content (AvgIpc) is 3.30. The van der Waals surface area contributed by atoms with Crippen LogP contribution in [0.15, 0.2) is 27.9 Å². The predicted molar refractivity (Wildman–Crippen MR) is 89.3 cm³/mol. The van der Waals surface area contributed by atoms with Gasteiger partial charge in [-0.2, -0.15) is 5.26 Å². The molecule has 3 rings (SSSR count). The number of amides is 2. The lowest BCUT2D eigenvalue weighted by Crippen LogP contribution is -2.31. The van der Waals surface area contributed by atoms with Gasteiger partial charge in [0.25, 0.3) is 0 Å². The van der Waals surface area contributed by atoms with Crippen molar-refractivity contribution in [1.82, 2.24) is 20.7 Å². The van der Waals surface area contributed by atoms with Crippen LogP contribution in [0.1, 0.15) is 39.6 Å². The molecule has 0 spiro atoms. The largest absolute Gasteiger partial charge is 0.358 e. The van der Waals surface area contributed by atoms with Crippen LogP contribution >= 0.6 is 11.8 Å². The molecule has 1 aliphatic carbocycles. The Labute approximate surface area is 152 Å². The summed E-state index contributed by atoms with van der Waals surface area (Å²) in [5.74, 6) is -0.981. The summed E-state index contributed by atoms with van der Waals surface area (Å²) in [6, 6.07) is 6.68. The number of hydrogen-bond acceptors (Lipinski definition) is 8. The number of rotatable bonds is 5. The van der Waals surface area contributed by atoms with Crippen molar-refractivity contribution in [1.29, 1.82) is 5.26 Å². The molecular weight excluding hydrogens is 358 g/mol. The molecule has 0 saturated carbocycles. The number of fused-ring (bicyclic) bond motifs is 1. The zero-order chi connectivity index (χ0) is 18.7. The maximum absolute atomic E-state index is 12.6. The van der Waals surface area contributed by atoms with Crippen LogP contribution in [0.25, 0.3) is 0 Å². The number of aromatic nitrogens is 2. The number of thioether (sulfide) groups is 1. The van der Waals surface area contributed by atoms with E-state index in [-0.39, 0.29) is 22.4 Å². The summed E-state index contributed by atoms with van der Waals surface area (Å²) in [5.41, 5.74) is 2.01. The summed E-state index contributed by atoms with van der Waals surface area (Å²) in [5, 5.41) is 29.9. The standard InChI is InChI=1S/C16H15N5O4S/c1-18-13(22)8-26-15-14(19-25-20-15)16(23)21(24)12-5-4-10-3-2-9(7-17)6-11(10)12/h2-3,6,12,24H,4-5,8H2,1H3,(H,18,22). The van der Waals surface area contributed by atoms with Crippen molar-refractivity contribution < 1.29 is 19.4 Å². The first-order chi connectivity index (χ1) is 12.5. The van der Waals surface area contributed by atoms with Crippen LogP contribution in [0, 0.1) is 11.3 Å². The Morgan fingerprint density at radius 3 is 3.04 bits per heavy atom. The first kappa shape index (κ1) is 17.9. The normalized spacial score (nSPS) is 15.2. The zero-order valence-corrected chi connectivity index (χ0v) is 14.6. The van der Waals surface area contributed by atoms with Crippen LogP contribution in [0.4, 0.5) is 0 Å². The molecule has 0 fully saturated rings. The number of hydrogen-bond donors (Lipinski definition) is 2. The van der Waals surface area contributed by atoms with E-state index in [2.05, 4.69) is 26.3 Å². The number of carbonyl (C=O) groups excluding carboxylic acids is 2. The second-order valence-corrected chi connectivity index (χ2v) is 6.57. The van der Waals surface area contributed by atoms with Crippen molar-refractivity contribution in [3.8, 4) is 6.07 Å². The minimum absolute atomic E-state index is 0.0359. The van der Waals surface area contributed by atoms with Gasteiger partial charge in [-0.15, -0.1) is 0 Å². The zero-order valence-electron chi connectivity index (χ0n) is 13.8. The second kappa shape index (κ2) is 7.55. The van der Waals surface area contributed by atoms with Gasteiger partial charge in [0, 0.05) is 7.05 Å². The highest BCUT2D eigenvalue weighted by Gasteiger charge is 2.34. The fourth-order valence-corrected chi connectivity index (χ4v) is 3.53. The minimum Gasteiger partial charge on any atom is -0.358 e. The molecule has 1 aromatic heterocycles. The average molecular weight is 373 g/mol. The molecule has 134 valence electrons. The quantitative estimate of drug-likeness (QED) is 0.455. The summed E-state index contributed by atoms with van der Waals surface area (Å²) in [6.45, 7) is 0. The predicted octanol–water partition coefficient (Wildman–Crippen LogP) is 1.30. The first-order valence-electron chi connectivity index (χ1n) is 7.76. The third-order valence-electron chi connectivity index (χ3n) is 4.10. The van der Waals surface area contributed by atoms with Crippen molar-refractivity contribution in [3.05, 3.63) is 40.6 Å². The van der Waals surface area contributed by atoms with Crippen LogP contribution in [0.2, 0.25) is 0 Å². The molecular formula is C16H15N5O4S. The fourth-order valence-electron chi connectivity index (χ4n) is 2.77. The summed E-state index contributed by atoms with van der Waals surface area (Å²) in [7, 11) is 1.50. The minimum atomic E-state index is -0.772. The number of nitrogens with zero attached hydrogens (tertiary/aromatic N) is 4.